The van der Waals surface area contributed by atoms with E-state index in [4.69, 9.17) is 17.3 Å². The number of anilines is 1. The number of amides is 3. The van der Waals surface area contributed by atoms with Gasteiger partial charge >= 0.3 is 0 Å². The molecule has 1 atom stereocenters. The van der Waals surface area contributed by atoms with E-state index in [9.17, 15) is 14.4 Å². The highest BCUT2D eigenvalue weighted by Gasteiger charge is 2.19. The molecule has 0 radical (unpaired) electrons. The lowest BCUT2D eigenvalue weighted by Crippen LogP contribution is -2.45. The largest absolute Gasteiger partial charge is 0.368 e. The third kappa shape index (κ3) is 5.58. The van der Waals surface area contributed by atoms with Gasteiger partial charge in [-0.1, -0.05) is 17.7 Å². The number of carbonyl (C=O) groups excluding carboxylic acids is 3. The van der Waals surface area contributed by atoms with Crippen molar-refractivity contribution in [1.82, 2.24) is 10.3 Å². The number of nitrogens with one attached hydrogen (secondary N) is 2. The fourth-order valence-electron chi connectivity index (χ4n) is 2.14. The first-order chi connectivity index (χ1) is 11.8. The normalized spacial score (nSPS) is 11.4. The van der Waals surface area contributed by atoms with E-state index in [0.29, 0.717) is 16.4 Å². The summed E-state index contributed by atoms with van der Waals surface area (Å²) in [6.45, 7) is 1.39. The van der Waals surface area contributed by atoms with Crippen LogP contribution in [0, 0.1) is 0 Å². The molecule has 3 amide bonds. The van der Waals surface area contributed by atoms with Gasteiger partial charge in [-0.3, -0.25) is 14.4 Å². The molecule has 0 aliphatic rings. The molecule has 25 heavy (non-hydrogen) atoms. The maximum absolute atomic E-state index is 12.3. The van der Waals surface area contributed by atoms with E-state index in [1.54, 1.807) is 36.4 Å². The minimum atomic E-state index is -0.884. The van der Waals surface area contributed by atoms with Crippen LogP contribution >= 0.6 is 11.6 Å². The number of aromatic nitrogens is 1. The summed E-state index contributed by atoms with van der Waals surface area (Å²) in [5.74, 6) is -1.30. The molecule has 2 aromatic rings. The Balaban J connectivity index is 2.05. The van der Waals surface area contributed by atoms with Crippen LogP contribution in [0.25, 0.3) is 0 Å². The lowest BCUT2D eigenvalue weighted by atomic mass is 10.1. The van der Waals surface area contributed by atoms with Crippen molar-refractivity contribution in [2.75, 3.05) is 5.32 Å². The zero-order valence-electron chi connectivity index (χ0n) is 13.5. The van der Waals surface area contributed by atoms with Gasteiger partial charge in [0.25, 0.3) is 5.91 Å². The van der Waals surface area contributed by atoms with Crippen LogP contribution in [0.1, 0.15) is 22.8 Å². The maximum atomic E-state index is 12.3. The summed E-state index contributed by atoms with van der Waals surface area (Å²) >= 11 is 5.72. The van der Waals surface area contributed by atoms with Gasteiger partial charge in [-0.25, -0.2) is 4.98 Å². The summed E-state index contributed by atoms with van der Waals surface area (Å²) < 4.78 is 0. The molecule has 1 aromatic carbocycles. The number of primary amides is 1. The molecule has 130 valence electrons. The first kappa shape index (κ1) is 18.4. The van der Waals surface area contributed by atoms with Crippen molar-refractivity contribution in [3.8, 4) is 0 Å². The highest BCUT2D eigenvalue weighted by atomic mass is 35.5. The van der Waals surface area contributed by atoms with Gasteiger partial charge in [0.15, 0.2) is 0 Å². The first-order valence-corrected chi connectivity index (χ1v) is 7.81. The molecule has 8 heteroatoms. The number of nitrogens with zero attached hydrogens (tertiary/aromatic N) is 1. The van der Waals surface area contributed by atoms with E-state index in [1.807, 2.05) is 0 Å². The molecule has 7 nitrogen and oxygen atoms in total. The Kier molecular flexibility index (Phi) is 6.08. The molecule has 1 aromatic heterocycles. The smallest absolute Gasteiger partial charge is 0.251 e. The molecule has 2 rings (SSSR count). The molecule has 0 saturated heterocycles. The van der Waals surface area contributed by atoms with Gasteiger partial charge in [-0.05, 0) is 35.9 Å². The van der Waals surface area contributed by atoms with E-state index in [1.165, 1.54) is 13.1 Å². The van der Waals surface area contributed by atoms with Crippen molar-refractivity contribution in [1.29, 1.82) is 0 Å². The number of hydrogen-bond donors (Lipinski definition) is 3. The third-order valence-corrected chi connectivity index (χ3v) is 3.57. The van der Waals surface area contributed by atoms with E-state index in [2.05, 4.69) is 15.6 Å². The van der Waals surface area contributed by atoms with Gasteiger partial charge < -0.3 is 16.4 Å². The summed E-state index contributed by atoms with van der Waals surface area (Å²) in [6, 6.07) is 8.70. The minimum absolute atomic E-state index is 0.204. The quantitative estimate of drug-likeness (QED) is 0.677. The average Bonchev–Trinajstić information content (AvgIpc) is 2.56. The van der Waals surface area contributed by atoms with Crippen LogP contribution in [-0.2, 0) is 16.0 Å². The number of halogens is 1. The third-order valence-electron chi connectivity index (χ3n) is 3.34. The molecule has 0 unspecified atom stereocenters. The van der Waals surface area contributed by atoms with Crippen LogP contribution in [0.5, 0.6) is 0 Å². The second-order valence-electron chi connectivity index (χ2n) is 5.38. The summed E-state index contributed by atoms with van der Waals surface area (Å²) in [5, 5.41) is 5.53. The van der Waals surface area contributed by atoms with E-state index >= 15 is 0 Å². The second kappa shape index (κ2) is 8.25. The maximum Gasteiger partial charge on any atom is 0.251 e. The first-order valence-electron chi connectivity index (χ1n) is 7.43. The Morgan fingerprint density at radius 3 is 2.36 bits per heavy atom. The van der Waals surface area contributed by atoms with Gasteiger partial charge in [-0.15, -0.1) is 0 Å². The fraction of sp³-hybridized carbons (Fsp3) is 0.176. The summed E-state index contributed by atoms with van der Waals surface area (Å²) in [4.78, 5) is 38.8. The second-order valence-corrected chi connectivity index (χ2v) is 5.77. The summed E-state index contributed by atoms with van der Waals surface area (Å²) in [5.41, 5.74) is 7.00. The number of rotatable bonds is 6. The van der Waals surface area contributed by atoms with E-state index in [0.717, 1.165) is 5.56 Å². The lowest BCUT2D eigenvalue weighted by Gasteiger charge is -2.15. The highest BCUT2D eigenvalue weighted by molar-refractivity contribution is 6.29. The Morgan fingerprint density at radius 1 is 1.16 bits per heavy atom. The lowest BCUT2D eigenvalue weighted by molar-refractivity contribution is -0.119. The molecule has 0 saturated carbocycles. The molecular formula is C17H17ClN4O3. The van der Waals surface area contributed by atoms with Crippen LogP contribution in [-0.4, -0.2) is 28.7 Å². The average molecular weight is 361 g/mol. The fourth-order valence-corrected chi connectivity index (χ4v) is 2.25. The predicted molar refractivity (Wildman–Crippen MR) is 94.1 cm³/mol. The van der Waals surface area contributed by atoms with E-state index < -0.39 is 17.9 Å². The van der Waals surface area contributed by atoms with Gasteiger partial charge in [0.2, 0.25) is 11.8 Å². The van der Waals surface area contributed by atoms with Crippen LogP contribution in [0.2, 0.25) is 5.15 Å². The Hall–Kier alpha value is -2.93. The van der Waals surface area contributed by atoms with Gasteiger partial charge in [0.1, 0.15) is 11.2 Å². The number of carbonyl (C=O) groups is 3. The molecule has 0 aliphatic heterocycles. The molecule has 1 heterocycles. The highest BCUT2D eigenvalue weighted by Crippen LogP contribution is 2.11. The Bertz CT molecular complexity index is 775. The van der Waals surface area contributed by atoms with Crippen molar-refractivity contribution in [3.63, 3.8) is 0 Å². The molecule has 0 fully saturated rings. The van der Waals surface area contributed by atoms with Crippen molar-refractivity contribution < 1.29 is 14.4 Å². The summed E-state index contributed by atoms with van der Waals surface area (Å²) in [6.07, 6.45) is 1.72. The summed E-state index contributed by atoms with van der Waals surface area (Å²) in [7, 11) is 0. The Morgan fingerprint density at radius 2 is 1.84 bits per heavy atom. The number of pyridine rings is 1. The monoisotopic (exact) mass is 360 g/mol. The van der Waals surface area contributed by atoms with Gasteiger partial charge in [-0.2, -0.15) is 0 Å². The van der Waals surface area contributed by atoms with Crippen LogP contribution in [0.3, 0.4) is 0 Å². The van der Waals surface area contributed by atoms with Gasteiger partial charge in [0, 0.05) is 30.8 Å². The van der Waals surface area contributed by atoms with Crippen molar-refractivity contribution in [2.24, 2.45) is 5.73 Å². The number of hydrogen-bond acceptors (Lipinski definition) is 4. The number of nitrogens with two attached hydrogens (primary N) is 1. The van der Waals surface area contributed by atoms with Crippen LogP contribution in [0.4, 0.5) is 5.69 Å². The molecule has 0 bridgehead atoms. The zero-order valence-corrected chi connectivity index (χ0v) is 14.2. The van der Waals surface area contributed by atoms with Gasteiger partial charge in [0.05, 0.1) is 0 Å². The molecule has 0 spiro atoms. The van der Waals surface area contributed by atoms with Crippen LogP contribution in [0.15, 0.2) is 42.6 Å². The standard InChI is InChI=1S/C17H17ClN4O3/c1-10(23)21-13-5-3-12(4-6-13)17(25)22-14(16(19)24)8-11-2-7-15(18)20-9-11/h2-7,9,14H,8H2,1H3,(H2,19,24)(H,21,23)(H,22,25)/t14-/m0/s1. The predicted octanol–water partition coefficient (Wildman–Crippen LogP) is 1.52. The van der Waals surface area contributed by atoms with Crippen molar-refractivity contribution in [3.05, 3.63) is 58.9 Å². The molecule has 0 aliphatic carbocycles. The number of benzene rings is 1. The Labute approximate surface area is 149 Å². The SMILES string of the molecule is CC(=O)Nc1ccc(C(=O)N[C@@H](Cc2ccc(Cl)nc2)C(N)=O)cc1. The topological polar surface area (TPSA) is 114 Å². The van der Waals surface area contributed by atoms with Crippen molar-refractivity contribution in [2.45, 2.75) is 19.4 Å². The van der Waals surface area contributed by atoms with Crippen LogP contribution < -0.4 is 16.4 Å². The van der Waals surface area contributed by atoms with E-state index in [-0.39, 0.29) is 12.3 Å². The molecular weight excluding hydrogens is 344 g/mol. The zero-order chi connectivity index (χ0) is 18.4. The minimum Gasteiger partial charge on any atom is -0.368 e. The van der Waals surface area contributed by atoms with Crippen molar-refractivity contribution >= 4 is 35.0 Å². The molecule has 4 N–H and O–H groups in total.